The highest BCUT2D eigenvalue weighted by molar-refractivity contribution is 6.46. The van der Waals surface area contributed by atoms with Gasteiger partial charge in [0.1, 0.15) is 11.6 Å². The molecule has 2 heterocycles. The van der Waals surface area contributed by atoms with Gasteiger partial charge in [0, 0.05) is 24.5 Å². The molecule has 1 atom stereocenters. The third kappa shape index (κ3) is 6.08. The fourth-order valence-corrected chi connectivity index (χ4v) is 4.32. The monoisotopic (exact) mass is 467 g/mol. The van der Waals surface area contributed by atoms with Gasteiger partial charge in [-0.3, -0.25) is 14.6 Å². The van der Waals surface area contributed by atoms with E-state index < -0.39 is 23.5 Å². The van der Waals surface area contributed by atoms with Crippen LogP contribution in [0.2, 0.25) is 0 Å². The third-order valence-electron chi connectivity index (χ3n) is 6.19. The molecule has 1 aliphatic heterocycles. The van der Waals surface area contributed by atoms with Gasteiger partial charge in [0.2, 0.25) is 0 Å². The molecule has 7 heteroatoms. The van der Waals surface area contributed by atoms with Gasteiger partial charge in [-0.25, -0.2) is 4.39 Å². The van der Waals surface area contributed by atoms with E-state index in [-0.39, 0.29) is 11.3 Å². The lowest BCUT2D eigenvalue weighted by Gasteiger charge is -2.27. The molecule has 0 bridgehead atoms. The van der Waals surface area contributed by atoms with Gasteiger partial charge in [0.25, 0.3) is 11.7 Å². The number of amides is 1. The largest absolute Gasteiger partial charge is 0.507 e. The smallest absolute Gasteiger partial charge is 0.295 e. The zero-order valence-electron chi connectivity index (χ0n) is 20.0. The first-order valence-corrected chi connectivity index (χ1v) is 12.1. The molecule has 182 valence electrons. The number of Topliss-reactive ketones (excluding diaryl/α,β-unsaturated/α-hetero) is 1. The van der Waals surface area contributed by atoms with E-state index in [0.717, 1.165) is 45.3 Å². The first kappa shape index (κ1) is 25.6. The first-order valence-electron chi connectivity index (χ1n) is 12.1. The minimum atomic E-state index is -0.738. The van der Waals surface area contributed by atoms with Gasteiger partial charge in [0.15, 0.2) is 0 Å². The highest BCUT2D eigenvalue weighted by atomic mass is 19.1. The molecule has 6 nitrogen and oxygen atoms in total. The predicted octanol–water partition coefficient (Wildman–Crippen LogP) is 4.93. The Morgan fingerprint density at radius 2 is 1.68 bits per heavy atom. The quantitative estimate of drug-likeness (QED) is 0.272. The molecule has 1 aromatic heterocycles. The summed E-state index contributed by atoms with van der Waals surface area (Å²) < 4.78 is 13.4. The Balaban J connectivity index is 1.87. The molecule has 0 aliphatic carbocycles. The van der Waals surface area contributed by atoms with Crippen molar-refractivity contribution in [3.05, 3.63) is 71.3 Å². The maximum Gasteiger partial charge on any atom is 0.295 e. The van der Waals surface area contributed by atoms with Crippen molar-refractivity contribution in [2.24, 2.45) is 0 Å². The lowest BCUT2D eigenvalue weighted by Crippen LogP contribution is -2.34. The standard InChI is InChI=1S/C27H34FN3O3/c1-3-5-15-30(16-6-4-2)17-8-18-31-24(21-9-7-14-29-19-21)23(26(33)27(31)34)25(32)20-10-12-22(28)13-11-20/h7,9-14,19,24,32H,3-6,8,15-18H2,1-2H3/t24-/m1/s1. The van der Waals surface area contributed by atoms with E-state index in [2.05, 4.69) is 23.7 Å². The molecule has 0 saturated carbocycles. The first-order chi connectivity index (χ1) is 16.5. The Hall–Kier alpha value is -3.06. The Morgan fingerprint density at radius 3 is 2.26 bits per heavy atom. The number of benzene rings is 1. The number of nitrogens with zero attached hydrogens (tertiary/aromatic N) is 3. The van der Waals surface area contributed by atoms with E-state index in [1.807, 2.05) is 0 Å². The average molecular weight is 468 g/mol. The summed E-state index contributed by atoms with van der Waals surface area (Å²) in [5, 5.41) is 11.0. The summed E-state index contributed by atoms with van der Waals surface area (Å²) in [6.07, 6.45) is 8.45. The van der Waals surface area contributed by atoms with Crippen LogP contribution in [-0.4, -0.2) is 57.8 Å². The van der Waals surface area contributed by atoms with Gasteiger partial charge in [-0.15, -0.1) is 0 Å². The SMILES string of the molecule is CCCCN(CCCC)CCCN1C(=O)C(=O)C(=C(O)c2ccc(F)cc2)[C@H]1c1cccnc1. The molecule has 1 aromatic carbocycles. The van der Waals surface area contributed by atoms with E-state index in [0.29, 0.717) is 24.1 Å². The molecule has 0 unspecified atom stereocenters. The minimum Gasteiger partial charge on any atom is -0.507 e. The molecule has 0 radical (unpaired) electrons. The number of carbonyl (C=O) groups is 2. The van der Waals surface area contributed by atoms with E-state index in [4.69, 9.17) is 0 Å². The number of likely N-dealkylation sites (tertiary alicyclic amines) is 1. The van der Waals surface area contributed by atoms with Crippen molar-refractivity contribution in [1.82, 2.24) is 14.8 Å². The zero-order chi connectivity index (χ0) is 24.5. The number of aliphatic hydroxyl groups excluding tert-OH is 1. The molecule has 1 amide bonds. The number of hydrogen-bond acceptors (Lipinski definition) is 5. The maximum absolute atomic E-state index is 13.4. The lowest BCUT2D eigenvalue weighted by atomic mass is 9.96. The Bertz CT molecular complexity index is 984. The van der Waals surface area contributed by atoms with Crippen LogP contribution in [0.1, 0.15) is 63.1 Å². The van der Waals surface area contributed by atoms with E-state index >= 15 is 0 Å². The predicted molar refractivity (Wildman–Crippen MR) is 131 cm³/mol. The number of aromatic nitrogens is 1. The molecule has 1 N–H and O–H groups in total. The minimum absolute atomic E-state index is 0.0124. The maximum atomic E-state index is 13.4. The second kappa shape index (κ2) is 12.4. The third-order valence-corrected chi connectivity index (χ3v) is 6.19. The van der Waals surface area contributed by atoms with Gasteiger partial charge in [-0.1, -0.05) is 32.8 Å². The van der Waals surface area contributed by atoms with Crippen molar-refractivity contribution < 1.29 is 19.1 Å². The Labute approximate surface area is 201 Å². The highest BCUT2D eigenvalue weighted by Crippen LogP contribution is 2.39. The molecule has 3 rings (SSSR count). The van der Waals surface area contributed by atoms with Gasteiger partial charge in [-0.05, 0) is 74.8 Å². The Morgan fingerprint density at radius 1 is 1.03 bits per heavy atom. The number of ketones is 1. The van der Waals surface area contributed by atoms with E-state index in [1.54, 1.807) is 24.5 Å². The van der Waals surface area contributed by atoms with Crippen LogP contribution in [0.15, 0.2) is 54.4 Å². The topological polar surface area (TPSA) is 73.7 Å². The number of hydrogen-bond donors (Lipinski definition) is 1. The summed E-state index contributed by atoms with van der Waals surface area (Å²) in [6.45, 7) is 7.61. The van der Waals surface area contributed by atoms with Crippen molar-refractivity contribution in [3.63, 3.8) is 0 Å². The molecular weight excluding hydrogens is 433 g/mol. The summed E-state index contributed by atoms with van der Waals surface area (Å²) in [4.78, 5) is 34.2. The fourth-order valence-electron chi connectivity index (χ4n) is 4.32. The van der Waals surface area contributed by atoms with Crippen molar-refractivity contribution >= 4 is 17.4 Å². The van der Waals surface area contributed by atoms with Crippen LogP contribution in [0.3, 0.4) is 0 Å². The highest BCUT2D eigenvalue weighted by Gasteiger charge is 2.45. The summed E-state index contributed by atoms with van der Waals surface area (Å²) in [5.74, 6) is -2.12. The summed E-state index contributed by atoms with van der Waals surface area (Å²) in [6, 6.07) is 8.03. The lowest BCUT2D eigenvalue weighted by molar-refractivity contribution is -0.140. The van der Waals surface area contributed by atoms with Crippen molar-refractivity contribution in [2.75, 3.05) is 26.2 Å². The summed E-state index contributed by atoms with van der Waals surface area (Å²) in [7, 11) is 0. The number of carbonyl (C=O) groups excluding carboxylic acids is 2. The van der Waals surface area contributed by atoms with Gasteiger partial charge in [-0.2, -0.15) is 0 Å². The van der Waals surface area contributed by atoms with Gasteiger partial charge >= 0.3 is 0 Å². The molecule has 1 aliphatic rings. The van der Waals surface area contributed by atoms with Crippen LogP contribution in [0, 0.1) is 5.82 Å². The van der Waals surface area contributed by atoms with E-state index in [9.17, 15) is 19.1 Å². The normalized spacial score (nSPS) is 17.6. The number of aliphatic hydroxyl groups is 1. The van der Waals surface area contributed by atoms with Crippen LogP contribution < -0.4 is 0 Å². The van der Waals surface area contributed by atoms with Crippen molar-refractivity contribution in [1.29, 1.82) is 0 Å². The summed E-state index contributed by atoms with van der Waals surface area (Å²) >= 11 is 0. The van der Waals surface area contributed by atoms with Crippen LogP contribution in [0.4, 0.5) is 4.39 Å². The molecular formula is C27H34FN3O3. The fraction of sp³-hybridized carbons (Fsp3) is 0.444. The molecule has 34 heavy (non-hydrogen) atoms. The van der Waals surface area contributed by atoms with Crippen molar-refractivity contribution in [3.8, 4) is 0 Å². The van der Waals surface area contributed by atoms with Crippen LogP contribution in [0.25, 0.3) is 5.76 Å². The zero-order valence-corrected chi connectivity index (χ0v) is 20.0. The molecule has 2 aromatic rings. The molecule has 0 spiro atoms. The number of pyridine rings is 1. The van der Waals surface area contributed by atoms with Crippen LogP contribution in [0.5, 0.6) is 0 Å². The number of halogens is 1. The van der Waals surface area contributed by atoms with E-state index in [1.165, 1.54) is 29.2 Å². The summed E-state index contributed by atoms with van der Waals surface area (Å²) in [5.41, 5.74) is 0.955. The number of rotatable bonds is 12. The molecule has 1 fully saturated rings. The number of unbranched alkanes of at least 4 members (excludes halogenated alkanes) is 2. The average Bonchev–Trinajstić information content (AvgIpc) is 3.11. The van der Waals surface area contributed by atoms with Crippen LogP contribution in [-0.2, 0) is 9.59 Å². The Kier molecular flexibility index (Phi) is 9.33. The molecule has 1 saturated heterocycles. The second-order valence-electron chi connectivity index (χ2n) is 8.69. The van der Waals surface area contributed by atoms with Gasteiger partial charge < -0.3 is 14.9 Å². The van der Waals surface area contributed by atoms with Gasteiger partial charge in [0.05, 0.1) is 11.6 Å². The van der Waals surface area contributed by atoms with Crippen molar-refractivity contribution in [2.45, 2.75) is 52.0 Å². The second-order valence-corrected chi connectivity index (χ2v) is 8.69. The van der Waals surface area contributed by atoms with Crippen LogP contribution >= 0.6 is 0 Å².